The van der Waals surface area contributed by atoms with E-state index in [1.807, 2.05) is 0 Å². The van der Waals surface area contributed by atoms with Crippen LogP contribution in [0.4, 0.5) is 0 Å². The number of nitrogens with zero attached hydrogens (tertiary/aromatic N) is 3. The number of aliphatic imine (C=N–C) groups is 1. The monoisotopic (exact) mass is 314 g/mol. The molecule has 0 unspecified atom stereocenters. The summed E-state index contributed by atoms with van der Waals surface area (Å²) in [5.74, 6) is 0.542. The molecule has 7 heteroatoms. The Kier molecular flexibility index (Phi) is 4.73. The Bertz CT molecular complexity index is 700. The number of hydrogen-bond donors (Lipinski definition) is 2. The predicted octanol–water partition coefficient (Wildman–Crippen LogP) is 1.59. The van der Waals surface area contributed by atoms with Gasteiger partial charge in [-0.15, -0.1) is 0 Å². The lowest BCUT2D eigenvalue weighted by molar-refractivity contribution is -0.0570. The minimum absolute atomic E-state index is 0.0186. The molecule has 1 aliphatic heterocycles. The average Bonchev–Trinajstić information content (AvgIpc) is 2.51. The molecule has 2 rings (SSSR count). The lowest BCUT2D eigenvalue weighted by atomic mass is 9.86. The molecule has 0 spiro atoms. The van der Waals surface area contributed by atoms with Crippen molar-refractivity contribution in [2.45, 2.75) is 38.5 Å². The van der Waals surface area contributed by atoms with Gasteiger partial charge >= 0.3 is 0 Å². The second-order valence-corrected chi connectivity index (χ2v) is 5.56. The van der Waals surface area contributed by atoms with Gasteiger partial charge in [0.25, 0.3) is 6.02 Å². The summed E-state index contributed by atoms with van der Waals surface area (Å²) in [6, 6.07) is 6.30. The van der Waals surface area contributed by atoms with Gasteiger partial charge in [0.15, 0.2) is 6.19 Å². The number of aliphatic hydroxyl groups excluding tert-OH is 1. The molecule has 1 heterocycles. The first-order valence-electron chi connectivity index (χ1n) is 7.19. The van der Waals surface area contributed by atoms with Crippen LogP contribution < -0.4 is 10.1 Å². The summed E-state index contributed by atoms with van der Waals surface area (Å²) in [5, 5.41) is 30.8. The molecule has 1 aliphatic rings. The van der Waals surface area contributed by atoms with Crippen LogP contribution in [0.5, 0.6) is 5.75 Å². The molecule has 0 aliphatic carbocycles. The Balaban J connectivity index is 2.54. The smallest absolute Gasteiger partial charge is 0.298 e. The van der Waals surface area contributed by atoms with Crippen molar-refractivity contribution in [1.82, 2.24) is 5.32 Å². The highest BCUT2D eigenvalue weighted by Crippen LogP contribution is 2.42. The zero-order chi connectivity index (χ0) is 17.0. The molecule has 0 saturated heterocycles. The number of nitriles is 2. The second kappa shape index (κ2) is 6.55. The van der Waals surface area contributed by atoms with Crippen molar-refractivity contribution in [3.8, 4) is 18.0 Å². The summed E-state index contributed by atoms with van der Waals surface area (Å²) >= 11 is 0. The van der Waals surface area contributed by atoms with Gasteiger partial charge in [-0.2, -0.15) is 10.5 Å². The zero-order valence-corrected chi connectivity index (χ0v) is 13.2. The van der Waals surface area contributed by atoms with Crippen molar-refractivity contribution < 1.29 is 14.6 Å². The summed E-state index contributed by atoms with van der Waals surface area (Å²) in [7, 11) is 0. The van der Waals surface area contributed by atoms with E-state index in [0.29, 0.717) is 23.5 Å². The van der Waals surface area contributed by atoms with Crippen LogP contribution in [0.1, 0.15) is 37.9 Å². The van der Waals surface area contributed by atoms with Crippen molar-refractivity contribution >= 4 is 6.02 Å². The Morgan fingerprint density at radius 1 is 1.48 bits per heavy atom. The number of ether oxygens (including phenoxy) is 2. The third kappa shape index (κ3) is 3.36. The average molecular weight is 314 g/mol. The van der Waals surface area contributed by atoms with E-state index in [-0.39, 0.29) is 6.02 Å². The molecule has 120 valence electrons. The van der Waals surface area contributed by atoms with E-state index in [1.165, 1.54) is 0 Å². The van der Waals surface area contributed by atoms with Crippen LogP contribution in [-0.2, 0) is 4.74 Å². The van der Waals surface area contributed by atoms with Crippen LogP contribution in [-0.4, -0.2) is 29.4 Å². The number of rotatable bonds is 2. The number of amidine groups is 1. The standard InChI is InChI=1S/C16H18N4O3/c1-4-22-15(19-9-18)20-13-11-7-10(8-17)5-6-12(11)23-16(2,3)14(13)21/h5-7,13-14,21H,4H2,1-3H3,(H,19,20)/t13-,14+/m0/s1. The highest BCUT2D eigenvalue weighted by atomic mass is 16.5. The normalized spacial score (nSPS) is 22.1. The molecule has 0 fully saturated rings. The fourth-order valence-corrected chi connectivity index (χ4v) is 2.39. The van der Waals surface area contributed by atoms with Crippen molar-refractivity contribution in [1.29, 1.82) is 10.5 Å². The van der Waals surface area contributed by atoms with Gasteiger partial charge in [-0.1, -0.05) is 0 Å². The second-order valence-electron chi connectivity index (χ2n) is 5.56. The number of hydrogen-bond acceptors (Lipinski definition) is 6. The Morgan fingerprint density at radius 2 is 2.22 bits per heavy atom. The van der Waals surface area contributed by atoms with Gasteiger partial charge in [0, 0.05) is 5.56 Å². The van der Waals surface area contributed by atoms with Gasteiger partial charge in [-0.05, 0) is 39.0 Å². The quantitative estimate of drug-likeness (QED) is 0.371. The van der Waals surface area contributed by atoms with Gasteiger partial charge in [0.1, 0.15) is 23.5 Å². The van der Waals surface area contributed by atoms with Crippen molar-refractivity contribution in [2.24, 2.45) is 4.99 Å². The number of benzene rings is 1. The number of aliphatic hydroxyl groups is 1. The first kappa shape index (κ1) is 16.6. The first-order chi connectivity index (χ1) is 10.9. The van der Waals surface area contributed by atoms with Crippen molar-refractivity contribution in [2.75, 3.05) is 6.61 Å². The highest BCUT2D eigenvalue weighted by Gasteiger charge is 2.43. The topological polar surface area (TPSA) is 111 Å². The molecule has 7 nitrogen and oxygen atoms in total. The molecule has 0 saturated carbocycles. The maximum atomic E-state index is 10.6. The largest absolute Gasteiger partial charge is 0.485 e. The van der Waals surface area contributed by atoms with Crippen LogP contribution in [0.15, 0.2) is 23.2 Å². The van der Waals surface area contributed by atoms with E-state index in [0.717, 1.165) is 0 Å². The van der Waals surface area contributed by atoms with Crippen LogP contribution in [0, 0.1) is 22.8 Å². The van der Waals surface area contributed by atoms with Crippen LogP contribution in [0.2, 0.25) is 0 Å². The summed E-state index contributed by atoms with van der Waals surface area (Å²) < 4.78 is 11.1. The minimum atomic E-state index is -0.972. The number of nitrogens with one attached hydrogen (secondary N) is 1. The van der Waals surface area contributed by atoms with Gasteiger partial charge in [-0.3, -0.25) is 0 Å². The Hall–Kier alpha value is -2.77. The van der Waals surface area contributed by atoms with E-state index < -0.39 is 17.7 Å². The van der Waals surface area contributed by atoms with E-state index in [4.69, 9.17) is 20.0 Å². The molecule has 0 amide bonds. The predicted molar refractivity (Wildman–Crippen MR) is 82.4 cm³/mol. The van der Waals surface area contributed by atoms with Gasteiger partial charge in [0.2, 0.25) is 0 Å². The summed E-state index contributed by atoms with van der Waals surface area (Å²) in [6.07, 6.45) is 0.781. The van der Waals surface area contributed by atoms with Crippen LogP contribution in [0.3, 0.4) is 0 Å². The van der Waals surface area contributed by atoms with Gasteiger partial charge in [0.05, 0.1) is 18.2 Å². The zero-order valence-electron chi connectivity index (χ0n) is 13.2. The van der Waals surface area contributed by atoms with Gasteiger partial charge in [-0.25, -0.2) is 10.3 Å². The van der Waals surface area contributed by atoms with Crippen molar-refractivity contribution in [3.63, 3.8) is 0 Å². The highest BCUT2D eigenvalue weighted by molar-refractivity contribution is 5.75. The van der Waals surface area contributed by atoms with Crippen LogP contribution >= 0.6 is 0 Å². The summed E-state index contributed by atoms with van der Waals surface area (Å²) in [5.41, 5.74) is 0.137. The molecule has 0 bridgehead atoms. The maximum Gasteiger partial charge on any atom is 0.298 e. The molecule has 2 N–H and O–H groups in total. The minimum Gasteiger partial charge on any atom is -0.485 e. The molecule has 0 radical (unpaired) electrons. The van der Waals surface area contributed by atoms with Crippen molar-refractivity contribution in [3.05, 3.63) is 29.3 Å². The lowest BCUT2D eigenvalue weighted by Crippen LogP contribution is -2.48. The molecule has 0 aromatic heterocycles. The Morgan fingerprint density at radius 3 is 2.83 bits per heavy atom. The molecular weight excluding hydrogens is 296 g/mol. The maximum absolute atomic E-state index is 10.6. The van der Waals surface area contributed by atoms with E-state index in [2.05, 4.69) is 16.4 Å². The van der Waals surface area contributed by atoms with E-state index in [1.54, 1.807) is 45.2 Å². The Labute approximate surface area is 134 Å². The van der Waals surface area contributed by atoms with E-state index in [9.17, 15) is 5.11 Å². The molecule has 23 heavy (non-hydrogen) atoms. The molecule has 1 aromatic carbocycles. The fraction of sp³-hybridized carbons (Fsp3) is 0.438. The number of fused-ring (bicyclic) bond motifs is 1. The molecule has 1 aromatic rings. The lowest BCUT2D eigenvalue weighted by Gasteiger charge is -2.40. The third-order valence-electron chi connectivity index (χ3n) is 3.54. The first-order valence-corrected chi connectivity index (χ1v) is 7.19. The summed E-state index contributed by atoms with van der Waals surface area (Å²) in [6.45, 7) is 5.58. The summed E-state index contributed by atoms with van der Waals surface area (Å²) in [4.78, 5) is 4.33. The van der Waals surface area contributed by atoms with Gasteiger partial charge < -0.3 is 14.6 Å². The molecular formula is C16H18N4O3. The van der Waals surface area contributed by atoms with E-state index >= 15 is 0 Å². The molecule has 2 atom stereocenters. The van der Waals surface area contributed by atoms with Crippen LogP contribution in [0.25, 0.3) is 0 Å². The third-order valence-corrected chi connectivity index (χ3v) is 3.54. The SMILES string of the molecule is CCOC(=N[C@H]1c2cc(C#N)ccc2OC(C)(C)[C@@H]1O)NC#N. The fourth-order valence-electron chi connectivity index (χ4n) is 2.39.